The van der Waals surface area contributed by atoms with Crippen molar-refractivity contribution in [2.45, 2.75) is 24.6 Å². The molecule has 102 valence electrons. The molecule has 6 nitrogen and oxygen atoms in total. The Morgan fingerprint density at radius 2 is 2.00 bits per heavy atom. The molecule has 17 heavy (non-hydrogen) atoms. The van der Waals surface area contributed by atoms with Gasteiger partial charge in [-0.15, -0.1) is 0 Å². The molecule has 1 heterocycles. The molecule has 0 unspecified atom stereocenters. The lowest BCUT2D eigenvalue weighted by Crippen LogP contribution is -2.43. The molecular formula is C9H18FNO5S. The standard InChI is InChI=1S/C9H18FNO5S/c1-11(2)8-7(10)6(16-9(8)14-3)5-15-17(4,12)13/h6-9H,5H2,1-4H3/t6-,7-,8+,9-/m1/s1. The highest BCUT2D eigenvalue weighted by Crippen LogP contribution is 2.27. The number of halogens is 1. The van der Waals surface area contributed by atoms with Crippen LogP contribution in [0.1, 0.15) is 0 Å². The first-order valence-electron chi connectivity index (χ1n) is 5.09. The maximum Gasteiger partial charge on any atom is 0.264 e. The second-order valence-corrected chi connectivity index (χ2v) is 5.81. The van der Waals surface area contributed by atoms with E-state index in [0.717, 1.165) is 6.26 Å². The molecule has 0 saturated carbocycles. The van der Waals surface area contributed by atoms with Gasteiger partial charge in [-0.25, -0.2) is 4.39 Å². The van der Waals surface area contributed by atoms with Crippen molar-refractivity contribution in [1.82, 2.24) is 4.90 Å². The minimum absolute atomic E-state index is 0.343. The average Bonchev–Trinajstić information content (AvgIpc) is 2.51. The second-order valence-electron chi connectivity index (χ2n) is 4.17. The molecule has 0 N–H and O–H groups in total. The van der Waals surface area contributed by atoms with Gasteiger partial charge in [0.1, 0.15) is 12.3 Å². The smallest absolute Gasteiger partial charge is 0.264 e. The molecule has 4 atom stereocenters. The van der Waals surface area contributed by atoms with E-state index >= 15 is 0 Å². The molecular weight excluding hydrogens is 253 g/mol. The highest BCUT2D eigenvalue weighted by molar-refractivity contribution is 7.85. The molecule has 0 amide bonds. The van der Waals surface area contributed by atoms with E-state index in [1.54, 1.807) is 19.0 Å². The molecule has 0 aromatic heterocycles. The number of hydrogen-bond donors (Lipinski definition) is 0. The molecule has 0 aromatic carbocycles. The number of hydrogen-bond acceptors (Lipinski definition) is 6. The molecule has 1 aliphatic heterocycles. The predicted molar refractivity (Wildman–Crippen MR) is 58.8 cm³/mol. The normalized spacial score (nSPS) is 34.5. The maximum absolute atomic E-state index is 14.0. The van der Waals surface area contributed by atoms with Crippen molar-refractivity contribution in [3.63, 3.8) is 0 Å². The highest BCUT2D eigenvalue weighted by atomic mass is 32.2. The van der Waals surface area contributed by atoms with Crippen molar-refractivity contribution < 1.29 is 26.5 Å². The summed E-state index contributed by atoms with van der Waals surface area (Å²) in [5.74, 6) is 0. The van der Waals surface area contributed by atoms with Gasteiger partial charge in [0.2, 0.25) is 0 Å². The molecule has 0 aliphatic carbocycles. The lowest BCUT2D eigenvalue weighted by Gasteiger charge is -2.24. The Morgan fingerprint density at radius 1 is 1.41 bits per heavy atom. The fourth-order valence-corrected chi connectivity index (χ4v) is 2.12. The molecule has 0 aromatic rings. The van der Waals surface area contributed by atoms with E-state index in [0.29, 0.717) is 0 Å². The Labute approximate surface area is 101 Å². The van der Waals surface area contributed by atoms with Gasteiger partial charge in [0.15, 0.2) is 6.29 Å². The lowest BCUT2D eigenvalue weighted by atomic mass is 10.1. The largest absolute Gasteiger partial charge is 0.354 e. The number of alkyl halides is 1. The van der Waals surface area contributed by atoms with E-state index in [1.807, 2.05) is 0 Å². The number of likely N-dealkylation sites (N-methyl/N-ethyl adjacent to an activating group) is 1. The van der Waals surface area contributed by atoms with E-state index in [1.165, 1.54) is 7.11 Å². The van der Waals surface area contributed by atoms with Crippen molar-refractivity contribution in [2.75, 3.05) is 34.1 Å². The van der Waals surface area contributed by atoms with Crippen molar-refractivity contribution in [2.24, 2.45) is 0 Å². The van der Waals surface area contributed by atoms with Crippen LogP contribution >= 0.6 is 0 Å². The van der Waals surface area contributed by atoms with Crippen LogP contribution in [-0.2, 0) is 23.8 Å². The van der Waals surface area contributed by atoms with Crippen molar-refractivity contribution in [3.05, 3.63) is 0 Å². The van der Waals surface area contributed by atoms with Gasteiger partial charge in [-0.05, 0) is 14.1 Å². The van der Waals surface area contributed by atoms with Gasteiger partial charge >= 0.3 is 0 Å². The van der Waals surface area contributed by atoms with Crippen LogP contribution in [0.4, 0.5) is 4.39 Å². The van der Waals surface area contributed by atoms with Crippen LogP contribution < -0.4 is 0 Å². The van der Waals surface area contributed by atoms with Crippen molar-refractivity contribution in [1.29, 1.82) is 0 Å². The lowest BCUT2D eigenvalue weighted by molar-refractivity contribution is -0.138. The Bertz CT molecular complexity index is 347. The van der Waals surface area contributed by atoms with Gasteiger partial charge in [-0.3, -0.25) is 9.08 Å². The highest BCUT2D eigenvalue weighted by Gasteiger charge is 2.47. The quantitative estimate of drug-likeness (QED) is 0.634. The van der Waals surface area contributed by atoms with E-state index in [9.17, 15) is 12.8 Å². The van der Waals surface area contributed by atoms with Crippen LogP contribution in [-0.4, -0.2) is 72.0 Å². The third-order valence-electron chi connectivity index (χ3n) is 2.54. The van der Waals surface area contributed by atoms with Crippen LogP contribution in [0.3, 0.4) is 0 Å². The van der Waals surface area contributed by atoms with E-state index in [4.69, 9.17) is 9.47 Å². The summed E-state index contributed by atoms with van der Waals surface area (Å²) in [5, 5.41) is 0. The number of ether oxygens (including phenoxy) is 2. The molecule has 1 fully saturated rings. The molecule has 0 radical (unpaired) electrons. The zero-order valence-electron chi connectivity index (χ0n) is 10.3. The summed E-state index contributed by atoms with van der Waals surface area (Å²) >= 11 is 0. The van der Waals surface area contributed by atoms with Gasteiger partial charge in [0.05, 0.1) is 18.9 Å². The Hall–Kier alpha value is -0.280. The SMILES string of the molecule is CO[C@@H]1O[C@H](COS(C)(=O)=O)[C@@H](F)[C@@H]1N(C)C. The van der Waals surface area contributed by atoms with Gasteiger partial charge < -0.3 is 9.47 Å². The maximum atomic E-state index is 14.0. The average molecular weight is 271 g/mol. The van der Waals surface area contributed by atoms with Crippen LogP contribution in [0.5, 0.6) is 0 Å². The molecule has 0 spiro atoms. The van der Waals surface area contributed by atoms with Gasteiger partial charge in [0, 0.05) is 7.11 Å². The van der Waals surface area contributed by atoms with Crippen LogP contribution in [0, 0.1) is 0 Å². The monoisotopic (exact) mass is 271 g/mol. The third kappa shape index (κ3) is 3.85. The first-order valence-corrected chi connectivity index (χ1v) is 6.91. The van der Waals surface area contributed by atoms with Crippen LogP contribution in [0.15, 0.2) is 0 Å². The Morgan fingerprint density at radius 3 is 2.35 bits per heavy atom. The molecule has 8 heteroatoms. The summed E-state index contributed by atoms with van der Waals surface area (Å²) in [4.78, 5) is 1.64. The summed E-state index contributed by atoms with van der Waals surface area (Å²) in [6.07, 6.45) is -2.13. The first-order chi connectivity index (χ1) is 7.76. The fraction of sp³-hybridized carbons (Fsp3) is 1.00. The topological polar surface area (TPSA) is 65.1 Å². The molecule has 1 saturated heterocycles. The fourth-order valence-electron chi connectivity index (χ4n) is 1.74. The number of methoxy groups -OCH3 is 1. The van der Waals surface area contributed by atoms with E-state index in [2.05, 4.69) is 4.18 Å². The Balaban J connectivity index is 2.65. The zero-order valence-corrected chi connectivity index (χ0v) is 11.1. The molecule has 1 rings (SSSR count). The third-order valence-corrected chi connectivity index (χ3v) is 3.11. The minimum Gasteiger partial charge on any atom is -0.354 e. The van der Waals surface area contributed by atoms with Crippen LogP contribution in [0.25, 0.3) is 0 Å². The number of nitrogens with zero attached hydrogens (tertiary/aromatic N) is 1. The summed E-state index contributed by atoms with van der Waals surface area (Å²) in [7, 11) is 1.21. The summed E-state index contributed by atoms with van der Waals surface area (Å²) in [5.41, 5.74) is 0. The van der Waals surface area contributed by atoms with Crippen LogP contribution in [0.2, 0.25) is 0 Å². The Kier molecular flexibility index (Phi) is 4.85. The van der Waals surface area contributed by atoms with Gasteiger partial charge in [-0.2, -0.15) is 8.42 Å². The number of rotatable bonds is 5. The summed E-state index contributed by atoms with van der Waals surface area (Å²) < 4.78 is 50.4. The summed E-state index contributed by atoms with van der Waals surface area (Å²) in [6, 6.07) is -0.576. The first kappa shape index (κ1) is 14.8. The van der Waals surface area contributed by atoms with E-state index < -0.39 is 34.7 Å². The zero-order chi connectivity index (χ0) is 13.2. The molecule has 0 bridgehead atoms. The molecule has 1 aliphatic rings. The van der Waals surface area contributed by atoms with E-state index in [-0.39, 0.29) is 6.61 Å². The minimum atomic E-state index is -3.60. The van der Waals surface area contributed by atoms with Crippen molar-refractivity contribution in [3.8, 4) is 0 Å². The second kappa shape index (κ2) is 5.57. The van der Waals surface area contributed by atoms with Gasteiger partial charge in [-0.1, -0.05) is 0 Å². The summed E-state index contributed by atoms with van der Waals surface area (Å²) in [6.45, 7) is -0.343. The predicted octanol–water partition coefficient (Wildman–Crippen LogP) is -0.398. The van der Waals surface area contributed by atoms with Crippen molar-refractivity contribution >= 4 is 10.1 Å². The van der Waals surface area contributed by atoms with Gasteiger partial charge in [0.25, 0.3) is 10.1 Å².